The van der Waals surface area contributed by atoms with Crippen LogP contribution in [-0.2, 0) is 16.2 Å². The Morgan fingerprint density at radius 2 is 1.46 bits per heavy atom. The fraction of sp³-hybridized carbons (Fsp3) is 0.478. The molecule has 5 rings (SSSR count). The molecular weight excluding hydrogens is 346 g/mol. The number of hydrogen-bond acceptors (Lipinski definition) is 4. The molecule has 0 amide bonds. The van der Waals surface area contributed by atoms with Gasteiger partial charge in [0.05, 0.1) is 16.9 Å². The number of fused-ring (bicyclic) bond motifs is 6. The van der Waals surface area contributed by atoms with Gasteiger partial charge in [0.2, 0.25) is 0 Å². The summed E-state index contributed by atoms with van der Waals surface area (Å²) in [5, 5.41) is 1.04. The third-order valence-electron chi connectivity index (χ3n) is 5.92. The van der Waals surface area contributed by atoms with Gasteiger partial charge in [-0.1, -0.05) is 60.6 Å². The van der Waals surface area contributed by atoms with Crippen molar-refractivity contribution < 1.29 is 0 Å². The van der Waals surface area contributed by atoms with E-state index < -0.39 is 0 Å². The first-order valence-electron chi connectivity index (χ1n) is 9.99. The summed E-state index contributed by atoms with van der Waals surface area (Å²) in [7, 11) is 0. The molecule has 0 bridgehead atoms. The van der Waals surface area contributed by atoms with Gasteiger partial charge >= 0.3 is 0 Å². The Hall–Kier alpha value is -2.56. The van der Waals surface area contributed by atoms with Gasteiger partial charge in [0.15, 0.2) is 16.9 Å². The summed E-state index contributed by atoms with van der Waals surface area (Å²) in [4.78, 5) is 20.2. The highest BCUT2D eigenvalue weighted by atomic mass is 15.2. The van der Waals surface area contributed by atoms with Crippen molar-refractivity contribution in [3.63, 3.8) is 0 Å². The quantitative estimate of drug-likeness (QED) is 0.431. The highest BCUT2D eigenvalue weighted by molar-refractivity contribution is 5.95. The summed E-state index contributed by atoms with van der Waals surface area (Å²) in [5.74, 6) is 0.966. The van der Waals surface area contributed by atoms with Crippen LogP contribution in [-0.4, -0.2) is 24.3 Å². The molecule has 28 heavy (non-hydrogen) atoms. The Morgan fingerprint density at radius 3 is 2.14 bits per heavy atom. The van der Waals surface area contributed by atoms with E-state index in [0.29, 0.717) is 5.65 Å². The zero-order valence-electron chi connectivity index (χ0n) is 17.8. The average molecular weight is 374 g/mol. The average Bonchev–Trinajstić information content (AvgIpc) is 3.04. The molecule has 0 spiro atoms. The van der Waals surface area contributed by atoms with E-state index in [1.165, 1.54) is 0 Å². The molecule has 1 aromatic carbocycles. The van der Waals surface area contributed by atoms with E-state index >= 15 is 0 Å². The zero-order chi connectivity index (χ0) is 20.1. The van der Waals surface area contributed by atoms with Gasteiger partial charge in [-0.05, 0) is 18.6 Å². The van der Waals surface area contributed by atoms with Crippen LogP contribution >= 0.6 is 0 Å². The predicted molar refractivity (Wildman–Crippen MR) is 113 cm³/mol. The largest absolute Gasteiger partial charge is 0.262 e. The van der Waals surface area contributed by atoms with Crippen LogP contribution in [0.15, 0.2) is 24.3 Å². The zero-order valence-corrected chi connectivity index (χ0v) is 17.8. The molecule has 1 aliphatic carbocycles. The van der Waals surface area contributed by atoms with Gasteiger partial charge in [0, 0.05) is 21.6 Å². The Labute approximate surface area is 165 Å². The van der Waals surface area contributed by atoms with Crippen molar-refractivity contribution in [1.29, 1.82) is 0 Å². The first kappa shape index (κ1) is 17.5. The molecule has 0 unspecified atom stereocenters. The molecule has 4 aromatic rings. The van der Waals surface area contributed by atoms with Gasteiger partial charge in [-0.3, -0.25) is 4.40 Å². The maximum atomic E-state index is 5.17. The van der Waals surface area contributed by atoms with Crippen LogP contribution in [0.2, 0.25) is 0 Å². The minimum absolute atomic E-state index is 0.00298. The standard InChI is InChI=1S/C23H27N5/c1-21(2,3)20-24-14-11-9-8-10-13(14)18-27-17-19(28(18)20)26-16-15(25-17)22(4,5)12-23(16,6)7/h8-11H,12H2,1-7H3. The molecule has 0 atom stereocenters. The van der Waals surface area contributed by atoms with Crippen molar-refractivity contribution in [2.75, 3.05) is 0 Å². The van der Waals surface area contributed by atoms with Crippen LogP contribution in [0.4, 0.5) is 0 Å². The fourth-order valence-corrected chi connectivity index (χ4v) is 4.92. The highest BCUT2D eigenvalue weighted by Crippen LogP contribution is 2.48. The third kappa shape index (κ3) is 2.25. The monoisotopic (exact) mass is 373 g/mol. The minimum Gasteiger partial charge on any atom is -0.262 e. The molecule has 0 N–H and O–H groups in total. The van der Waals surface area contributed by atoms with Crippen LogP contribution in [0, 0.1) is 0 Å². The number of aromatic nitrogens is 5. The van der Waals surface area contributed by atoms with Crippen LogP contribution in [0.3, 0.4) is 0 Å². The molecule has 5 heteroatoms. The Morgan fingerprint density at radius 1 is 0.821 bits per heavy atom. The second kappa shape index (κ2) is 5.07. The van der Waals surface area contributed by atoms with Crippen LogP contribution < -0.4 is 0 Å². The van der Waals surface area contributed by atoms with Crippen LogP contribution in [0.1, 0.15) is 72.1 Å². The van der Waals surface area contributed by atoms with Crippen molar-refractivity contribution in [2.24, 2.45) is 0 Å². The van der Waals surface area contributed by atoms with Crippen LogP contribution in [0.5, 0.6) is 0 Å². The topological polar surface area (TPSA) is 56.0 Å². The summed E-state index contributed by atoms with van der Waals surface area (Å²) < 4.78 is 2.13. The van der Waals surface area contributed by atoms with E-state index in [1.54, 1.807) is 0 Å². The number of para-hydroxylation sites is 1. The third-order valence-corrected chi connectivity index (χ3v) is 5.92. The van der Waals surface area contributed by atoms with Crippen molar-refractivity contribution in [1.82, 2.24) is 24.3 Å². The number of hydrogen-bond donors (Lipinski definition) is 0. The van der Waals surface area contributed by atoms with Crippen molar-refractivity contribution in [2.45, 2.75) is 71.1 Å². The second-order valence-electron chi connectivity index (χ2n) is 10.5. The Kier molecular flexibility index (Phi) is 3.18. The SMILES string of the molecule is CC(C)(C)c1nc2ccccc2c2nc3nc4c(nc3n12)C(C)(C)CC4(C)C. The Bertz CT molecular complexity index is 1270. The maximum absolute atomic E-state index is 5.17. The van der Waals surface area contributed by atoms with Crippen molar-refractivity contribution in [3.8, 4) is 0 Å². The highest BCUT2D eigenvalue weighted by Gasteiger charge is 2.45. The fourth-order valence-electron chi connectivity index (χ4n) is 4.92. The number of rotatable bonds is 0. The minimum atomic E-state index is -0.147. The summed E-state index contributed by atoms with van der Waals surface area (Å²) in [5.41, 5.74) is 5.43. The van der Waals surface area contributed by atoms with E-state index in [1.807, 2.05) is 12.1 Å². The van der Waals surface area contributed by atoms with Crippen molar-refractivity contribution >= 4 is 27.8 Å². The Balaban J connectivity index is 2.00. The molecule has 0 fully saturated rings. The molecular formula is C23H27N5. The van der Waals surface area contributed by atoms with E-state index in [9.17, 15) is 0 Å². The molecule has 0 radical (unpaired) electrons. The lowest BCUT2D eigenvalue weighted by Gasteiger charge is -2.21. The first-order valence-corrected chi connectivity index (χ1v) is 9.99. The maximum Gasteiger partial charge on any atom is 0.198 e. The van der Waals surface area contributed by atoms with Gasteiger partial charge in [-0.2, -0.15) is 0 Å². The van der Waals surface area contributed by atoms with Crippen molar-refractivity contribution in [3.05, 3.63) is 41.5 Å². The van der Waals surface area contributed by atoms with Gasteiger partial charge < -0.3 is 0 Å². The smallest absolute Gasteiger partial charge is 0.198 e. The first-order chi connectivity index (χ1) is 13.0. The van der Waals surface area contributed by atoms with E-state index in [0.717, 1.165) is 45.8 Å². The molecule has 0 saturated carbocycles. The molecule has 5 nitrogen and oxygen atoms in total. The lowest BCUT2D eigenvalue weighted by Crippen LogP contribution is -2.20. The summed E-state index contributed by atoms with van der Waals surface area (Å²) >= 11 is 0. The number of nitrogens with zero attached hydrogens (tertiary/aromatic N) is 5. The summed E-state index contributed by atoms with van der Waals surface area (Å²) in [6.45, 7) is 15.6. The molecule has 3 heterocycles. The summed E-state index contributed by atoms with van der Waals surface area (Å²) in [6.07, 6.45) is 1.04. The second-order valence-corrected chi connectivity index (χ2v) is 10.5. The normalized spacial score (nSPS) is 18.2. The van der Waals surface area contributed by atoms with Gasteiger partial charge in [-0.15, -0.1) is 0 Å². The lowest BCUT2D eigenvalue weighted by atomic mass is 9.83. The summed E-state index contributed by atoms with van der Waals surface area (Å²) in [6, 6.07) is 8.19. The van der Waals surface area contributed by atoms with Gasteiger partial charge in [0.25, 0.3) is 0 Å². The predicted octanol–water partition coefficient (Wildman–Crippen LogP) is 5.08. The molecule has 0 saturated heterocycles. The van der Waals surface area contributed by atoms with E-state index in [-0.39, 0.29) is 16.2 Å². The van der Waals surface area contributed by atoms with Gasteiger partial charge in [0.1, 0.15) is 5.82 Å². The lowest BCUT2D eigenvalue weighted by molar-refractivity contribution is 0.396. The molecule has 144 valence electrons. The van der Waals surface area contributed by atoms with E-state index in [4.69, 9.17) is 19.9 Å². The number of imidazole rings is 1. The van der Waals surface area contributed by atoms with Gasteiger partial charge in [-0.25, -0.2) is 19.9 Å². The van der Waals surface area contributed by atoms with E-state index in [2.05, 4.69) is 65.0 Å². The van der Waals surface area contributed by atoms with Crippen LogP contribution in [0.25, 0.3) is 27.8 Å². The molecule has 0 aliphatic heterocycles. The molecule has 1 aliphatic rings. The molecule has 3 aromatic heterocycles. The number of benzene rings is 1.